The second-order valence-electron chi connectivity index (χ2n) is 5.81. The summed E-state index contributed by atoms with van der Waals surface area (Å²) in [7, 11) is -0.909. The predicted molar refractivity (Wildman–Crippen MR) is 96.6 cm³/mol. The van der Waals surface area contributed by atoms with Gasteiger partial charge in [0, 0.05) is 27.1 Å². The summed E-state index contributed by atoms with van der Waals surface area (Å²) < 4.78 is 32.5. The van der Waals surface area contributed by atoms with E-state index < -0.39 is 10.2 Å². The Morgan fingerprint density at radius 2 is 1.84 bits per heavy atom. The number of carbonyl (C=O) groups is 1. The summed E-state index contributed by atoms with van der Waals surface area (Å²) in [5, 5.41) is 2.72. The van der Waals surface area contributed by atoms with Gasteiger partial charge in [-0.25, -0.2) is 4.31 Å². The highest BCUT2D eigenvalue weighted by atomic mass is 32.2. The summed E-state index contributed by atoms with van der Waals surface area (Å²) >= 11 is 0. The van der Waals surface area contributed by atoms with Crippen LogP contribution < -0.4 is 9.62 Å². The molecular weight excluding hydrogens is 342 g/mol. The molecule has 136 valence electrons. The van der Waals surface area contributed by atoms with Crippen molar-refractivity contribution in [3.63, 3.8) is 0 Å². The maximum absolute atomic E-state index is 12.6. The number of amides is 1. The van der Waals surface area contributed by atoms with Gasteiger partial charge in [0.15, 0.2) is 0 Å². The zero-order valence-electron chi connectivity index (χ0n) is 14.6. The first-order valence-corrected chi connectivity index (χ1v) is 9.26. The Labute approximate surface area is 148 Å². The quantitative estimate of drug-likeness (QED) is 0.770. The molecule has 0 bridgehead atoms. The first-order chi connectivity index (χ1) is 11.8. The van der Waals surface area contributed by atoms with E-state index in [9.17, 15) is 13.2 Å². The summed E-state index contributed by atoms with van der Waals surface area (Å²) in [4.78, 5) is 12.2. The van der Waals surface area contributed by atoms with E-state index in [0.717, 1.165) is 19.9 Å². The van der Waals surface area contributed by atoms with Gasteiger partial charge in [0.2, 0.25) is 5.91 Å². The smallest absolute Gasteiger partial charge is 0.304 e. The third-order valence-electron chi connectivity index (χ3n) is 3.62. The first kappa shape index (κ1) is 19.0. The molecule has 1 aromatic carbocycles. The molecule has 0 atom stereocenters. The molecule has 0 aliphatic rings. The number of rotatable bonds is 8. The molecule has 2 aromatic rings. The number of nitrogens with zero attached hydrogens (tertiary/aromatic N) is 2. The highest BCUT2D eigenvalue weighted by molar-refractivity contribution is 7.90. The second kappa shape index (κ2) is 8.17. The summed E-state index contributed by atoms with van der Waals surface area (Å²) in [6.07, 6.45) is 2.11. The molecule has 25 heavy (non-hydrogen) atoms. The number of hydrogen-bond donors (Lipinski definition) is 1. The molecule has 0 unspecified atom stereocenters. The van der Waals surface area contributed by atoms with Crippen molar-refractivity contribution in [3.05, 3.63) is 54.0 Å². The van der Waals surface area contributed by atoms with E-state index in [2.05, 4.69) is 5.32 Å². The van der Waals surface area contributed by atoms with E-state index >= 15 is 0 Å². The van der Waals surface area contributed by atoms with Crippen molar-refractivity contribution >= 4 is 21.8 Å². The van der Waals surface area contributed by atoms with Crippen LogP contribution in [0.3, 0.4) is 0 Å². The Bertz CT molecular complexity index is 784. The van der Waals surface area contributed by atoms with Crippen LogP contribution in [-0.2, 0) is 21.4 Å². The predicted octanol–water partition coefficient (Wildman–Crippen LogP) is 1.56. The van der Waals surface area contributed by atoms with Crippen molar-refractivity contribution in [1.82, 2.24) is 9.62 Å². The molecule has 0 saturated carbocycles. The second-order valence-corrected chi connectivity index (χ2v) is 7.88. The zero-order chi connectivity index (χ0) is 18.4. The van der Waals surface area contributed by atoms with Crippen molar-refractivity contribution in [2.45, 2.75) is 13.3 Å². The van der Waals surface area contributed by atoms with Crippen LogP contribution in [0.15, 0.2) is 47.1 Å². The van der Waals surface area contributed by atoms with Crippen molar-refractivity contribution in [1.29, 1.82) is 0 Å². The van der Waals surface area contributed by atoms with Gasteiger partial charge in [0.05, 0.1) is 12.0 Å². The SMILES string of the molecule is Cc1ccc(N(CC(=O)NCCc2ccco2)S(=O)(=O)N(C)C)cc1. The van der Waals surface area contributed by atoms with E-state index in [-0.39, 0.29) is 12.5 Å². The summed E-state index contributed by atoms with van der Waals surface area (Å²) in [6.45, 7) is 1.99. The molecule has 0 aliphatic carbocycles. The van der Waals surface area contributed by atoms with Crippen LogP contribution in [0.5, 0.6) is 0 Å². The third kappa shape index (κ3) is 5.07. The summed E-state index contributed by atoms with van der Waals surface area (Å²) in [6, 6.07) is 10.6. The fourth-order valence-electron chi connectivity index (χ4n) is 2.18. The Balaban J connectivity index is 2.07. The fourth-order valence-corrected chi connectivity index (χ4v) is 3.24. The number of aryl methyl sites for hydroxylation is 1. The van der Waals surface area contributed by atoms with Gasteiger partial charge in [0.1, 0.15) is 12.3 Å². The lowest BCUT2D eigenvalue weighted by Gasteiger charge is -2.27. The van der Waals surface area contributed by atoms with Gasteiger partial charge >= 0.3 is 10.2 Å². The van der Waals surface area contributed by atoms with Gasteiger partial charge in [-0.15, -0.1) is 0 Å². The lowest BCUT2D eigenvalue weighted by Crippen LogP contribution is -2.46. The molecule has 1 amide bonds. The van der Waals surface area contributed by atoms with Gasteiger partial charge in [-0.1, -0.05) is 17.7 Å². The van der Waals surface area contributed by atoms with Crippen LogP contribution in [0, 0.1) is 6.92 Å². The van der Waals surface area contributed by atoms with E-state index in [0.29, 0.717) is 18.7 Å². The Morgan fingerprint density at radius 1 is 1.16 bits per heavy atom. The van der Waals surface area contributed by atoms with E-state index in [4.69, 9.17) is 4.42 Å². The fraction of sp³-hybridized carbons (Fsp3) is 0.353. The molecule has 0 radical (unpaired) electrons. The van der Waals surface area contributed by atoms with Crippen molar-refractivity contribution in [2.24, 2.45) is 0 Å². The molecule has 1 heterocycles. The molecule has 2 rings (SSSR count). The minimum atomic E-state index is -3.78. The molecule has 1 N–H and O–H groups in total. The number of anilines is 1. The van der Waals surface area contributed by atoms with Crippen molar-refractivity contribution in [3.8, 4) is 0 Å². The van der Waals surface area contributed by atoms with Crippen LogP contribution in [0.25, 0.3) is 0 Å². The monoisotopic (exact) mass is 365 g/mol. The number of carbonyl (C=O) groups excluding carboxylic acids is 1. The number of nitrogens with one attached hydrogen (secondary N) is 1. The maximum atomic E-state index is 12.6. The number of benzene rings is 1. The minimum absolute atomic E-state index is 0.290. The third-order valence-corrected chi connectivity index (χ3v) is 5.44. The van der Waals surface area contributed by atoms with E-state index in [1.54, 1.807) is 24.5 Å². The van der Waals surface area contributed by atoms with Crippen LogP contribution >= 0.6 is 0 Å². The van der Waals surface area contributed by atoms with Gasteiger partial charge in [-0.05, 0) is 31.2 Å². The summed E-state index contributed by atoms with van der Waals surface area (Å²) in [5.41, 5.74) is 1.45. The van der Waals surface area contributed by atoms with Crippen molar-refractivity contribution in [2.75, 3.05) is 31.5 Å². The molecule has 0 fully saturated rings. The van der Waals surface area contributed by atoms with Crippen LogP contribution in [0.2, 0.25) is 0 Å². The average Bonchev–Trinajstić information content (AvgIpc) is 3.07. The van der Waals surface area contributed by atoms with Gasteiger partial charge in [-0.3, -0.25) is 4.79 Å². The number of furan rings is 1. The minimum Gasteiger partial charge on any atom is -0.469 e. The average molecular weight is 365 g/mol. The molecule has 7 nitrogen and oxygen atoms in total. The van der Waals surface area contributed by atoms with E-state index in [1.165, 1.54) is 14.1 Å². The Morgan fingerprint density at radius 3 is 2.40 bits per heavy atom. The molecule has 0 spiro atoms. The topological polar surface area (TPSA) is 82.9 Å². The normalized spacial score (nSPS) is 11.5. The van der Waals surface area contributed by atoms with Crippen LogP contribution in [0.1, 0.15) is 11.3 Å². The highest BCUT2D eigenvalue weighted by Gasteiger charge is 2.27. The van der Waals surface area contributed by atoms with Gasteiger partial charge in [-0.2, -0.15) is 12.7 Å². The van der Waals surface area contributed by atoms with Crippen LogP contribution in [0.4, 0.5) is 5.69 Å². The van der Waals surface area contributed by atoms with Gasteiger partial charge in [0.25, 0.3) is 0 Å². The summed E-state index contributed by atoms with van der Waals surface area (Å²) in [5.74, 6) is 0.383. The highest BCUT2D eigenvalue weighted by Crippen LogP contribution is 2.19. The zero-order valence-corrected chi connectivity index (χ0v) is 15.4. The largest absolute Gasteiger partial charge is 0.469 e. The van der Waals surface area contributed by atoms with Crippen molar-refractivity contribution < 1.29 is 17.6 Å². The first-order valence-electron chi connectivity index (χ1n) is 7.86. The molecule has 1 aromatic heterocycles. The molecule has 8 heteroatoms. The maximum Gasteiger partial charge on any atom is 0.304 e. The molecule has 0 aliphatic heterocycles. The van der Waals surface area contributed by atoms with E-state index in [1.807, 2.05) is 25.1 Å². The lowest BCUT2D eigenvalue weighted by atomic mass is 10.2. The number of hydrogen-bond acceptors (Lipinski definition) is 4. The Kier molecular flexibility index (Phi) is 6.22. The van der Waals surface area contributed by atoms with Gasteiger partial charge < -0.3 is 9.73 Å². The standard InChI is InChI=1S/C17H23N3O4S/c1-14-6-8-15(9-7-14)20(25(22,23)19(2)3)13-17(21)18-11-10-16-5-4-12-24-16/h4-9,12H,10-11,13H2,1-3H3,(H,18,21). The lowest BCUT2D eigenvalue weighted by molar-refractivity contribution is -0.119. The molecule has 0 saturated heterocycles. The Hall–Kier alpha value is -2.32. The van der Waals surface area contributed by atoms with Crippen LogP contribution in [-0.4, -0.2) is 45.8 Å². The molecular formula is C17H23N3O4S.